The summed E-state index contributed by atoms with van der Waals surface area (Å²) in [4.78, 5) is 24.2. The monoisotopic (exact) mass is 531 g/mol. The molecule has 0 aliphatic carbocycles. The van der Waals surface area contributed by atoms with Gasteiger partial charge in [0.1, 0.15) is 5.82 Å². The van der Waals surface area contributed by atoms with Crippen molar-refractivity contribution in [3.05, 3.63) is 125 Å². The minimum Gasteiger partial charge on any atom is -0.349 e. The summed E-state index contributed by atoms with van der Waals surface area (Å²) in [6.45, 7) is 2.33. The lowest BCUT2D eigenvalue weighted by atomic mass is 9.87. The van der Waals surface area contributed by atoms with Gasteiger partial charge in [0.15, 0.2) is 0 Å². The molecule has 2 heterocycles. The SMILES string of the molecule is N#Cc1ccc(CC(Cc2ncc[nH]2)N(CCC(c2ccccc2)c2ccccc2)C(=O)[C@H]2CCCNC2)cc1. The second-order valence-electron chi connectivity index (χ2n) is 10.6. The third-order valence-electron chi connectivity index (χ3n) is 7.97. The second-order valence-corrected chi connectivity index (χ2v) is 10.6. The van der Waals surface area contributed by atoms with Crippen molar-refractivity contribution >= 4 is 5.91 Å². The zero-order valence-electron chi connectivity index (χ0n) is 22.9. The van der Waals surface area contributed by atoms with Gasteiger partial charge < -0.3 is 15.2 Å². The molecule has 6 heteroatoms. The molecule has 4 aromatic rings. The topological polar surface area (TPSA) is 84.8 Å². The van der Waals surface area contributed by atoms with Crippen molar-refractivity contribution in [2.45, 2.75) is 44.1 Å². The zero-order valence-corrected chi connectivity index (χ0v) is 22.9. The van der Waals surface area contributed by atoms with Gasteiger partial charge in [-0.05, 0) is 61.1 Å². The first-order valence-electron chi connectivity index (χ1n) is 14.3. The Morgan fingerprint density at radius 3 is 2.25 bits per heavy atom. The number of hydrogen-bond acceptors (Lipinski definition) is 4. The number of aromatic nitrogens is 2. The Balaban J connectivity index is 1.46. The van der Waals surface area contributed by atoms with Crippen molar-refractivity contribution in [3.8, 4) is 6.07 Å². The van der Waals surface area contributed by atoms with Crippen LogP contribution < -0.4 is 5.32 Å². The normalized spacial score (nSPS) is 15.8. The molecule has 2 atom stereocenters. The largest absolute Gasteiger partial charge is 0.349 e. The van der Waals surface area contributed by atoms with Gasteiger partial charge in [-0.2, -0.15) is 5.26 Å². The highest BCUT2D eigenvalue weighted by Crippen LogP contribution is 2.30. The van der Waals surface area contributed by atoms with Gasteiger partial charge >= 0.3 is 0 Å². The Morgan fingerprint density at radius 1 is 0.975 bits per heavy atom. The molecule has 2 N–H and O–H groups in total. The van der Waals surface area contributed by atoms with Gasteiger partial charge in [-0.15, -0.1) is 0 Å². The Bertz CT molecular complexity index is 1320. The summed E-state index contributed by atoms with van der Waals surface area (Å²) < 4.78 is 0. The standard InChI is InChI=1S/C34H37N5O/c35-24-27-15-13-26(14-16-27)22-31(23-33-37-19-20-38-33)39(34(40)30-12-7-18-36-25-30)21-17-32(28-8-3-1-4-9-28)29-10-5-2-6-11-29/h1-6,8-11,13-16,19-20,30-32,36H,7,12,17-18,21-23,25H2,(H,37,38)/t30-,31?/m0/s1. The van der Waals surface area contributed by atoms with Crippen LogP contribution in [0.3, 0.4) is 0 Å². The van der Waals surface area contributed by atoms with Crippen LogP contribution in [0.5, 0.6) is 0 Å². The van der Waals surface area contributed by atoms with Crippen LogP contribution in [-0.4, -0.2) is 46.5 Å². The molecule has 1 aliphatic rings. The smallest absolute Gasteiger partial charge is 0.227 e. The zero-order chi connectivity index (χ0) is 27.6. The molecule has 40 heavy (non-hydrogen) atoms. The Morgan fingerprint density at radius 2 is 1.68 bits per heavy atom. The van der Waals surface area contributed by atoms with Crippen molar-refractivity contribution in [1.29, 1.82) is 5.26 Å². The predicted octanol–water partition coefficient (Wildman–Crippen LogP) is 5.49. The molecule has 1 aliphatic heterocycles. The molecule has 0 bridgehead atoms. The number of amides is 1. The van der Waals surface area contributed by atoms with Gasteiger partial charge in [-0.25, -0.2) is 4.98 Å². The number of aromatic amines is 1. The summed E-state index contributed by atoms with van der Waals surface area (Å²) in [6, 6.07) is 31.1. The van der Waals surface area contributed by atoms with E-state index in [2.05, 4.69) is 86.9 Å². The molecule has 0 saturated carbocycles. The average molecular weight is 532 g/mol. The lowest BCUT2D eigenvalue weighted by Crippen LogP contribution is -2.49. The Labute approximate surface area is 237 Å². The fourth-order valence-electron chi connectivity index (χ4n) is 5.85. The number of benzene rings is 3. The van der Waals surface area contributed by atoms with Gasteiger partial charge in [0.25, 0.3) is 0 Å². The first-order chi connectivity index (χ1) is 19.7. The summed E-state index contributed by atoms with van der Waals surface area (Å²) in [6.07, 6.45) is 7.69. The van der Waals surface area contributed by atoms with E-state index < -0.39 is 0 Å². The summed E-state index contributed by atoms with van der Waals surface area (Å²) in [5.74, 6) is 1.25. The quantitative estimate of drug-likeness (QED) is 0.268. The van der Waals surface area contributed by atoms with Crippen LogP contribution in [0.15, 0.2) is 97.3 Å². The number of carbonyl (C=O) groups is 1. The minimum absolute atomic E-state index is 0.0271. The van der Waals surface area contributed by atoms with Crippen LogP contribution in [0.2, 0.25) is 0 Å². The summed E-state index contributed by atoms with van der Waals surface area (Å²) in [7, 11) is 0. The number of rotatable bonds is 11. The number of nitriles is 1. The van der Waals surface area contributed by atoms with Crippen LogP contribution in [0, 0.1) is 17.2 Å². The van der Waals surface area contributed by atoms with E-state index in [1.54, 1.807) is 6.20 Å². The molecule has 0 spiro atoms. The maximum Gasteiger partial charge on any atom is 0.227 e. The molecular weight excluding hydrogens is 494 g/mol. The fraction of sp³-hybridized carbons (Fsp3) is 0.324. The van der Waals surface area contributed by atoms with Gasteiger partial charge in [0.2, 0.25) is 5.91 Å². The third-order valence-corrected chi connectivity index (χ3v) is 7.97. The number of H-pyrrole nitrogens is 1. The van der Waals surface area contributed by atoms with Crippen LogP contribution >= 0.6 is 0 Å². The van der Waals surface area contributed by atoms with Gasteiger partial charge in [0.05, 0.1) is 17.6 Å². The van der Waals surface area contributed by atoms with E-state index in [1.165, 1.54) is 11.1 Å². The molecular formula is C34H37N5O. The molecule has 1 amide bonds. The molecule has 1 fully saturated rings. The van der Waals surface area contributed by atoms with Crippen molar-refractivity contribution in [3.63, 3.8) is 0 Å². The maximum atomic E-state index is 14.3. The van der Waals surface area contributed by atoms with Crippen molar-refractivity contribution in [2.75, 3.05) is 19.6 Å². The molecule has 5 rings (SSSR count). The molecule has 1 aromatic heterocycles. The van der Waals surface area contributed by atoms with E-state index >= 15 is 0 Å². The lowest BCUT2D eigenvalue weighted by Gasteiger charge is -2.37. The third kappa shape index (κ3) is 7.05. The van der Waals surface area contributed by atoms with Crippen molar-refractivity contribution in [1.82, 2.24) is 20.2 Å². The molecule has 204 valence electrons. The van der Waals surface area contributed by atoms with Gasteiger partial charge in [0, 0.05) is 43.9 Å². The van der Waals surface area contributed by atoms with E-state index in [0.29, 0.717) is 24.9 Å². The van der Waals surface area contributed by atoms with Crippen LogP contribution in [0.4, 0.5) is 0 Å². The first kappa shape index (κ1) is 27.4. The highest BCUT2D eigenvalue weighted by molar-refractivity contribution is 5.79. The van der Waals surface area contributed by atoms with Crippen molar-refractivity contribution in [2.24, 2.45) is 5.92 Å². The predicted molar refractivity (Wildman–Crippen MR) is 158 cm³/mol. The van der Waals surface area contributed by atoms with Crippen LogP contribution in [0.25, 0.3) is 0 Å². The molecule has 3 aromatic carbocycles. The Kier molecular flexibility index (Phi) is 9.39. The summed E-state index contributed by atoms with van der Waals surface area (Å²) in [5, 5.41) is 12.7. The van der Waals surface area contributed by atoms with Gasteiger partial charge in [-0.3, -0.25) is 4.79 Å². The first-order valence-corrected chi connectivity index (χ1v) is 14.3. The van der Waals surface area contributed by atoms with Crippen LogP contribution in [0.1, 0.15) is 53.3 Å². The number of piperidine rings is 1. The second kappa shape index (κ2) is 13.7. The average Bonchev–Trinajstić information content (AvgIpc) is 3.54. The molecule has 0 radical (unpaired) electrons. The van der Waals surface area contributed by atoms with Gasteiger partial charge in [-0.1, -0.05) is 72.8 Å². The lowest BCUT2D eigenvalue weighted by molar-refractivity contribution is -0.138. The molecule has 1 unspecified atom stereocenters. The van der Waals surface area contributed by atoms with Crippen molar-refractivity contribution < 1.29 is 4.79 Å². The fourth-order valence-corrected chi connectivity index (χ4v) is 5.85. The van der Waals surface area contributed by atoms with E-state index in [4.69, 9.17) is 0 Å². The highest BCUT2D eigenvalue weighted by atomic mass is 16.2. The van der Waals surface area contributed by atoms with E-state index in [0.717, 1.165) is 43.7 Å². The molecule has 1 saturated heterocycles. The number of carbonyl (C=O) groups excluding carboxylic acids is 1. The maximum absolute atomic E-state index is 14.3. The van der Waals surface area contributed by atoms with E-state index in [-0.39, 0.29) is 23.8 Å². The number of imidazole rings is 1. The summed E-state index contributed by atoms with van der Waals surface area (Å²) >= 11 is 0. The molecule has 6 nitrogen and oxygen atoms in total. The summed E-state index contributed by atoms with van der Waals surface area (Å²) in [5.41, 5.74) is 4.27. The minimum atomic E-state index is -0.0688. The van der Waals surface area contributed by atoms with E-state index in [9.17, 15) is 10.1 Å². The number of nitrogens with one attached hydrogen (secondary N) is 2. The highest BCUT2D eigenvalue weighted by Gasteiger charge is 2.32. The number of hydrogen-bond donors (Lipinski definition) is 2. The van der Waals surface area contributed by atoms with E-state index in [1.807, 2.05) is 30.5 Å². The Hall–Kier alpha value is -4.21. The number of nitrogens with zero attached hydrogens (tertiary/aromatic N) is 3. The van der Waals surface area contributed by atoms with Crippen LogP contribution in [-0.2, 0) is 17.6 Å².